The van der Waals surface area contributed by atoms with Gasteiger partial charge in [-0.05, 0) is 49.4 Å². The molecule has 1 amide bonds. The number of hydrogen-bond donors (Lipinski definition) is 1. The summed E-state index contributed by atoms with van der Waals surface area (Å²) in [7, 11) is 0. The van der Waals surface area contributed by atoms with Crippen LogP contribution in [0.1, 0.15) is 12.5 Å². The Morgan fingerprint density at radius 3 is 2.71 bits per heavy atom. The summed E-state index contributed by atoms with van der Waals surface area (Å²) in [5, 5.41) is 13.0. The second-order valence-corrected chi connectivity index (χ2v) is 7.86. The molecule has 2 aromatic carbocycles. The molecule has 0 saturated heterocycles. The van der Waals surface area contributed by atoms with Gasteiger partial charge >= 0.3 is 0 Å². The zero-order valence-electron chi connectivity index (χ0n) is 18.3. The number of benzene rings is 2. The molecule has 0 bridgehead atoms. The highest BCUT2D eigenvalue weighted by Gasteiger charge is 2.17. The number of aromatic nitrogens is 4. The highest BCUT2D eigenvalue weighted by atomic mass is 32.2. The molecule has 1 N–H and O–H groups in total. The van der Waals surface area contributed by atoms with Crippen LogP contribution in [0.3, 0.4) is 0 Å². The largest absolute Gasteiger partial charge is 0.494 e. The van der Waals surface area contributed by atoms with Gasteiger partial charge in [-0.1, -0.05) is 30.0 Å². The predicted molar refractivity (Wildman–Crippen MR) is 129 cm³/mol. The molecule has 172 valence electrons. The summed E-state index contributed by atoms with van der Waals surface area (Å²) in [4.78, 5) is 16.5. The van der Waals surface area contributed by atoms with E-state index in [9.17, 15) is 9.18 Å². The van der Waals surface area contributed by atoms with E-state index in [0.717, 1.165) is 17.0 Å². The fourth-order valence-corrected chi connectivity index (χ4v) is 3.80. The van der Waals surface area contributed by atoms with Gasteiger partial charge in [0, 0.05) is 29.2 Å². The van der Waals surface area contributed by atoms with Gasteiger partial charge in [-0.15, -0.1) is 10.2 Å². The summed E-state index contributed by atoms with van der Waals surface area (Å²) in [5.74, 6) is 0.612. The number of halogens is 1. The number of thioether (sulfide) groups is 1. The Morgan fingerprint density at radius 1 is 1.15 bits per heavy atom. The molecular weight excluding hydrogens is 455 g/mol. The molecule has 0 unspecified atom stereocenters. The van der Waals surface area contributed by atoms with E-state index in [4.69, 9.17) is 4.74 Å². The number of hydrazone groups is 1. The third-order valence-electron chi connectivity index (χ3n) is 4.59. The van der Waals surface area contributed by atoms with Gasteiger partial charge in [0.05, 0.1) is 18.6 Å². The molecule has 0 saturated carbocycles. The van der Waals surface area contributed by atoms with Crippen LogP contribution >= 0.6 is 11.8 Å². The molecule has 0 atom stereocenters. The number of rotatable bonds is 9. The fourth-order valence-electron chi connectivity index (χ4n) is 3.05. The monoisotopic (exact) mass is 476 g/mol. The van der Waals surface area contributed by atoms with Crippen LogP contribution in [0.15, 0.2) is 83.3 Å². The smallest absolute Gasteiger partial charge is 0.250 e. The van der Waals surface area contributed by atoms with Crippen LogP contribution in [0.4, 0.5) is 4.39 Å². The SMILES string of the molecule is CCOc1ccc(-n2c(SCC(=O)N/N=C\c3ccccc3F)nnc2-c2cccnc2)cc1. The molecule has 0 radical (unpaired) electrons. The zero-order chi connectivity index (χ0) is 23.8. The van der Waals surface area contributed by atoms with Crippen molar-refractivity contribution in [1.82, 2.24) is 25.2 Å². The quantitative estimate of drug-likeness (QED) is 0.222. The normalized spacial score (nSPS) is 11.0. The lowest BCUT2D eigenvalue weighted by molar-refractivity contribution is -0.118. The van der Waals surface area contributed by atoms with Crippen molar-refractivity contribution in [1.29, 1.82) is 0 Å². The molecule has 0 spiro atoms. The van der Waals surface area contributed by atoms with Crippen molar-refractivity contribution in [3.63, 3.8) is 0 Å². The molecule has 0 aliphatic rings. The topological polar surface area (TPSA) is 94.3 Å². The van der Waals surface area contributed by atoms with E-state index in [1.54, 1.807) is 30.6 Å². The Balaban J connectivity index is 1.51. The van der Waals surface area contributed by atoms with Gasteiger partial charge in [-0.25, -0.2) is 9.82 Å². The number of ether oxygens (including phenoxy) is 1. The molecular formula is C24H21FN6O2S. The van der Waals surface area contributed by atoms with Gasteiger partial charge in [0.2, 0.25) is 0 Å². The lowest BCUT2D eigenvalue weighted by Crippen LogP contribution is -2.20. The number of carbonyl (C=O) groups excluding carboxylic acids is 1. The standard InChI is InChI=1S/C24H21FN6O2S/c1-2-33-20-11-9-19(10-12-20)31-23(18-7-5-13-26-14-18)29-30-24(31)34-16-22(32)28-27-15-17-6-3-4-8-21(17)25/h3-15H,2,16H2,1H3,(H,28,32)/b27-15-. The molecule has 0 aliphatic carbocycles. The van der Waals surface area contributed by atoms with Crippen molar-refractivity contribution >= 4 is 23.9 Å². The molecule has 2 heterocycles. The third kappa shape index (κ3) is 5.65. The van der Waals surface area contributed by atoms with Crippen molar-refractivity contribution in [2.45, 2.75) is 12.1 Å². The van der Waals surface area contributed by atoms with E-state index < -0.39 is 5.82 Å². The molecule has 10 heteroatoms. The number of pyridine rings is 1. The molecule has 8 nitrogen and oxygen atoms in total. The van der Waals surface area contributed by atoms with E-state index in [0.29, 0.717) is 17.6 Å². The molecule has 4 aromatic rings. The summed E-state index contributed by atoms with van der Waals surface area (Å²) >= 11 is 1.21. The number of carbonyl (C=O) groups is 1. The Hall–Kier alpha value is -4.05. The average molecular weight is 477 g/mol. The lowest BCUT2D eigenvalue weighted by Gasteiger charge is -2.11. The number of amides is 1. The third-order valence-corrected chi connectivity index (χ3v) is 5.52. The Bertz CT molecular complexity index is 1280. The van der Waals surface area contributed by atoms with Crippen LogP contribution < -0.4 is 10.2 Å². The van der Waals surface area contributed by atoms with Gasteiger partial charge in [0.25, 0.3) is 5.91 Å². The summed E-state index contributed by atoms with van der Waals surface area (Å²) in [6.45, 7) is 2.50. The van der Waals surface area contributed by atoms with Gasteiger partial charge in [-0.3, -0.25) is 14.3 Å². The van der Waals surface area contributed by atoms with E-state index in [-0.39, 0.29) is 17.2 Å². The number of nitrogens with one attached hydrogen (secondary N) is 1. The van der Waals surface area contributed by atoms with Crippen molar-refractivity contribution in [2.75, 3.05) is 12.4 Å². The fraction of sp³-hybridized carbons (Fsp3) is 0.125. The first kappa shape index (κ1) is 23.1. The minimum Gasteiger partial charge on any atom is -0.494 e. The van der Waals surface area contributed by atoms with E-state index in [1.807, 2.05) is 47.9 Å². The van der Waals surface area contributed by atoms with Crippen molar-refractivity contribution in [3.8, 4) is 22.8 Å². The first-order valence-corrected chi connectivity index (χ1v) is 11.4. The molecule has 2 aromatic heterocycles. The summed E-state index contributed by atoms with van der Waals surface area (Å²) in [6, 6.07) is 17.4. The second-order valence-electron chi connectivity index (χ2n) is 6.91. The predicted octanol–water partition coefficient (Wildman–Crippen LogP) is 4.11. The van der Waals surface area contributed by atoms with Gasteiger partial charge in [0.1, 0.15) is 11.6 Å². The summed E-state index contributed by atoms with van der Waals surface area (Å²) < 4.78 is 21.0. The van der Waals surface area contributed by atoms with Crippen LogP contribution in [-0.2, 0) is 4.79 Å². The Kier molecular flexibility index (Phi) is 7.61. The van der Waals surface area contributed by atoms with Gasteiger partial charge in [0.15, 0.2) is 11.0 Å². The van der Waals surface area contributed by atoms with Crippen LogP contribution in [0.2, 0.25) is 0 Å². The van der Waals surface area contributed by atoms with Crippen LogP contribution in [-0.4, -0.2) is 44.2 Å². The van der Waals surface area contributed by atoms with E-state index >= 15 is 0 Å². The number of nitrogens with zero attached hydrogens (tertiary/aromatic N) is 5. The first-order valence-electron chi connectivity index (χ1n) is 10.4. The maximum absolute atomic E-state index is 13.7. The molecule has 4 rings (SSSR count). The molecule has 0 aliphatic heterocycles. The maximum Gasteiger partial charge on any atom is 0.250 e. The van der Waals surface area contributed by atoms with E-state index in [1.165, 1.54) is 24.0 Å². The lowest BCUT2D eigenvalue weighted by atomic mass is 10.2. The number of hydrogen-bond acceptors (Lipinski definition) is 7. The van der Waals surface area contributed by atoms with Gasteiger partial charge in [-0.2, -0.15) is 5.10 Å². The minimum atomic E-state index is -0.415. The highest BCUT2D eigenvalue weighted by Crippen LogP contribution is 2.28. The minimum absolute atomic E-state index is 0.0385. The van der Waals surface area contributed by atoms with Gasteiger partial charge < -0.3 is 4.74 Å². The Morgan fingerprint density at radius 2 is 1.97 bits per heavy atom. The van der Waals surface area contributed by atoms with Crippen LogP contribution in [0.25, 0.3) is 17.1 Å². The molecule has 34 heavy (non-hydrogen) atoms. The van der Waals surface area contributed by atoms with Crippen molar-refractivity contribution < 1.29 is 13.9 Å². The van der Waals surface area contributed by atoms with E-state index in [2.05, 4.69) is 25.7 Å². The first-order chi connectivity index (χ1) is 16.7. The average Bonchev–Trinajstić information content (AvgIpc) is 3.29. The van der Waals surface area contributed by atoms with Crippen molar-refractivity contribution in [3.05, 3.63) is 84.4 Å². The molecule has 0 fully saturated rings. The zero-order valence-corrected chi connectivity index (χ0v) is 19.1. The van der Waals surface area contributed by atoms with Crippen LogP contribution in [0.5, 0.6) is 5.75 Å². The van der Waals surface area contributed by atoms with Crippen molar-refractivity contribution in [2.24, 2.45) is 5.10 Å². The second kappa shape index (κ2) is 11.2. The maximum atomic E-state index is 13.7. The summed E-state index contributed by atoms with van der Waals surface area (Å²) in [6.07, 6.45) is 4.65. The summed E-state index contributed by atoms with van der Waals surface area (Å²) in [5.41, 5.74) is 4.29. The van der Waals surface area contributed by atoms with Crippen LogP contribution in [0, 0.1) is 5.82 Å². The Labute approximate surface area is 199 Å². The highest BCUT2D eigenvalue weighted by molar-refractivity contribution is 7.99.